The number of hydrogen-bond donors (Lipinski definition) is 0. The minimum absolute atomic E-state index is 0.268. The van der Waals surface area contributed by atoms with Gasteiger partial charge >= 0.3 is 0 Å². The van der Waals surface area contributed by atoms with Crippen molar-refractivity contribution < 1.29 is 4.39 Å². The van der Waals surface area contributed by atoms with E-state index in [9.17, 15) is 4.39 Å². The summed E-state index contributed by atoms with van der Waals surface area (Å²) in [6.45, 7) is 0. The van der Waals surface area contributed by atoms with Crippen molar-refractivity contribution in [2.75, 3.05) is 0 Å². The molecule has 4 heteroatoms. The predicted molar refractivity (Wildman–Crippen MR) is 83.8 cm³/mol. The molecular weight excluding hydrogens is 277 g/mol. The summed E-state index contributed by atoms with van der Waals surface area (Å²) in [5, 5.41) is 0. The maximum absolute atomic E-state index is 13.6. The first-order valence-corrected chi connectivity index (χ1v) is 6.97. The third-order valence-electron chi connectivity index (χ3n) is 3.54. The third-order valence-corrected chi connectivity index (χ3v) is 3.54. The zero-order valence-electron chi connectivity index (χ0n) is 11.6. The highest BCUT2D eigenvalue weighted by Gasteiger charge is 2.16. The van der Waals surface area contributed by atoms with Gasteiger partial charge in [-0.25, -0.2) is 9.37 Å². The molecule has 4 rings (SSSR count). The molecule has 0 radical (unpaired) electrons. The van der Waals surface area contributed by atoms with Crippen LogP contribution in [-0.4, -0.2) is 14.4 Å². The van der Waals surface area contributed by atoms with Gasteiger partial charge in [0.15, 0.2) is 0 Å². The summed E-state index contributed by atoms with van der Waals surface area (Å²) in [5.41, 5.74) is 3.94. The quantitative estimate of drug-likeness (QED) is 0.553. The summed E-state index contributed by atoms with van der Waals surface area (Å²) in [5.74, 6) is -0.268. The fourth-order valence-corrected chi connectivity index (χ4v) is 2.59. The lowest BCUT2D eigenvalue weighted by Gasteiger charge is -2.05. The molecule has 0 fully saturated rings. The second-order valence-electron chi connectivity index (χ2n) is 4.96. The molecular formula is C18H12FN3. The molecule has 106 valence electrons. The lowest BCUT2D eigenvalue weighted by Crippen LogP contribution is -1.91. The zero-order chi connectivity index (χ0) is 14.9. The van der Waals surface area contributed by atoms with Crippen LogP contribution in [0, 0.1) is 5.82 Å². The summed E-state index contributed by atoms with van der Waals surface area (Å²) < 4.78 is 15.6. The molecule has 0 unspecified atom stereocenters. The number of halogens is 1. The highest BCUT2D eigenvalue weighted by molar-refractivity contribution is 5.80. The fraction of sp³-hybridized carbons (Fsp3) is 0. The molecule has 3 nitrogen and oxygen atoms in total. The van der Waals surface area contributed by atoms with Crippen molar-refractivity contribution in [1.82, 2.24) is 14.4 Å². The minimum Gasteiger partial charge on any atom is -0.299 e. The van der Waals surface area contributed by atoms with Crippen molar-refractivity contribution in [3.63, 3.8) is 0 Å². The predicted octanol–water partition coefficient (Wildman–Crippen LogP) is 4.20. The normalized spacial score (nSPS) is 11.0. The van der Waals surface area contributed by atoms with Gasteiger partial charge in [-0.15, -0.1) is 0 Å². The molecule has 0 aliphatic carbocycles. The Morgan fingerprint density at radius 2 is 1.82 bits per heavy atom. The molecule has 0 saturated carbocycles. The van der Waals surface area contributed by atoms with E-state index in [1.54, 1.807) is 12.3 Å². The lowest BCUT2D eigenvalue weighted by molar-refractivity contribution is 0.628. The van der Waals surface area contributed by atoms with Crippen LogP contribution >= 0.6 is 0 Å². The monoisotopic (exact) mass is 289 g/mol. The van der Waals surface area contributed by atoms with Crippen LogP contribution in [-0.2, 0) is 0 Å². The van der Waals surface area contributed by atoms with Gasteiger partial charge in [0, 0.05) is 18.0 Å². The summed E-state index contributed by atoms with van der Waals surface area (Å²) in [7, 11) is 0. The Morgan fingerprint density at radius 1 is 0.909 bits per heavy atom. The molecule has 22 heavy (non-hydrogen) atoms. The van der Waals surface area contributed by atoms with Gasteiger partial charge in [-0.2, -0.15) is 0 Å². The van der Waals surface area contributed by atoms with Crippen molar-refractivity contribution >= 4 is 5.65 Å². The van der Waals surface area contributed by atoms with Crippen LogP contribution in [0.2, 0.25) is 0 Å². The van der Waals surface area contributed by atoms with Gasteiger partial charge in [-0.05, 0) is 36.4 Å². The zero-order valence-corrected chi connectivity index (χ0v) is 11.6. The van der Waals surface area contributed by atoms with E-state index >= 15 is 0 Å². The molecule has 0 atom stereocenters. The maximum Gasteiger partial charge on any atom is 0.138 e. The molecule has 4 aromatic rings. The average Bonchev–Trinajstić information content (AvgIpc) is 2.95. The molecule has 0 aliphatic heterocycles. The number of pyridine rings is 2. The van der Waals surface area contributed by atoms with Gasteiger partial charge in [-0.1, -0.05) is 24.3 Å². The first kappa shape index (κ1) is 12.7. The highest BCUT2D eigenvalue weighted by Crippen LogP contribution is 2.31. The molecule has 0 amide bonds. The van der Waals surface area contributed by atoms with E-state index in [-0.39, 0.29) is 5.82 Å². The van der Waals surface area contributed by atoms with E-state index in [4.69, 9.17) is 0 Å². The number of fused-ring (bicyclic) bond motifs is 1. The summed E-state index contributed by atoms with van der Waals surface area (Å²) in [4.78, 5) is 9.05. The third kappa shape index (κ3) is 2.05. The Morgan fingerprint density at radius 3 is 2.64 bits per heavy atom. The molecule has 3 aromatic heterocycles. The summed E-state index contributed by atoms with van der Waals surface area (Å²) in [6.07, 6.45) is 3.66. The second kappa shape index (κ2) is 5.07. The maximum atomic E-state index is 13.6. The van der Waals surface area contributed by atoms with Gasteiger partial charge < -0.3 is 0 Å². The molecule has 0 saturated heterocycles. The van der Waals surface area contributed by atoms with Crippen molar-refractivity contribution in [3.8, 4) is 22.6 Å². The molecule has 0 spiro atoms. The summed E-state index contributed by atoms with van der Waals surface area (Å²) in [6, 6.07) is 18.0. The Hall–Kier alpha value is -3.01. The lowest BCUT2D eigenvalue weighted by atomic mass is 10.1. The Labute approximate surface area is 126 Å². The Bertz CT molecular complexity index is 945. The van der Waals surface area contributed by atoms with E-state index in [0.717, 1.165) is 28.3 Å². The van der Waals surface area contributed by atoms with Crippen LogP contribution < -0.4 is 0 Å². The Balaban J connectivity index is 2.07. The molecule has 0 N–H and O–H groups in total. The molecule has 0 bridgehead atoms. The number of rotatable bonds is 2. The molecule has 0 aliphatic rings. The Kier molecular flexibility index (Phi) is 2.93. The summed E-state index contributed by atoms with van der Waals surface area (Å²) >= 11 is 0. The van der Waals surface area contributed by atoms with Gasteiger partial charge in [0.1, 0.15) is 17.2 Å². The minimum atomic E-state index is -0.268. The van der Waals surface area contributed by atoms with E-state index in [2.05, 4.69) is 9.97 Å². The van der Waals surface area contributed by atoms with E-state index in [1.165, 1.54) is 12.1 Å². The molecule has 1 aromatic carbocycles. The SMILES string of the molecule is Fc1cccc(-c2c(-c3ccccn3)nc3ccccn23)c1. The van der Waals surface area contributed by atoms with Crippen LogP contribution in [0.5, 0.6) is 0 Å². The van der Waals surface area contributed by atoms with Gasteiger partial charge in [0.25, 0.3) is 0 Å². The van der Waals surface area contributed by atoms with Crippen LogP contribution in [0.4, 0.5) is 4.39 Å². The number of benzene rings is 1. The van der Waals surface area contributed by atoms with Gasteiger partial charge in [-0.3, -0.25) is 9.38 Å². The second-order valence-corrected chi connectivity index (χ2v) is 4.96. The van der Waals surface area contributed by atoms with Gasteiger partial charge in [0.2, 0.25) is 0 Å². The highest BCUT2D eigenvalue weighted by atomic mass is 19.1. The molecule has 3 heterocycles. The van der Waals surface area contributed by atoms with Gasteiger partial charge in [0.05, 0.1) is 11.4 Å². The average molecular weight is 289 g/mol. The van der Waals surface area contributed by atoms with E-state index < -0.39 is 0 Å². The first-order chi connectivity index (χ1) is 10.8. The largest absolute Gasteiger partial charge is 0.299 e. The van der Waals surface area contributed by atoms with E-state index in [0.29, 0.717) is 0 Å². The number of hydrogen-bond acceptors (Lipinski definition) is 2. The van der Waals surface area contributed by atoms with Crippen LogP contribution in [0.15, 0.2) is 73.1 Å². The van der Waals surface area contributed by atoms with Crippen molar-refractivity contribution in [2.45, 2.75) is 0 Å². The standard InChI is InChI=1S/C18H12FN3/c19-14-7-5-6-13(12-14)18-17(15-8-1-3-10-20-15)21-16-9-2-4-11-22(16)18/h1-12H. The fourth-order valence-electron chi connectivity index (χ4n) is 2.59. The van der Waals surface area contributed by atoms with E-state index in [1.807, 2.05) is 53.1 Å². The van der Waals surface area contributed by atoms with Crippen LogP contribution in [0.1, 0.15) is 0 Å². The van der Waals surface area contributed by atoms with Crippen molar-refractivity contribution in [2.24, 2.45) is 0 Å². The topological polar surface area (TPSA) is 30.2 Å². The number of imidazole rings is 1. The van der Waals surface area contributed by atoms with Crippen molar-refractivity contribution in [1.29, 1.82) is 0 Å². The number of nitrogens with zero attached hydrogens (tertiary/aromatic N) is 3. The first-order valence-electron chi connectivity index (χ1n) is 6.97. The van der Waals surface area contributed by atoms with Crippen molar-refractivity contribution in [3.05, 3.63) is 78.9 Å². The number of aromatic nitrogens is 3. The van der Waals surface area contributed by atoms with Crippen LogP contribution in [0.3, 0.4) is 0 Å². The smallest absolute Gasteiger partial charge is 0.138 e. The van der Waals surface area contributed by atoms with Crippen LogP contribution in [0.25, 0.3) is 28.3 Å².